The second-order valence-electron chi connectivity index (χ2n) is 11.1. The molecule has 1 aromatic heterocycles. The van der Waals surface area contributed by atoms with Crippen LogP contribution in [0.1, 0.15) is 83.8 Å². The molecular formula is C34H45F5O6Si. The summed E-state index contributed by atoms with van der Waals surface area (Å²) in [4.78, 5) is 12.9. The first-order chi connectivity index (χ1) is 21.9. The zero-order chi connectivity index (χ0) is 33.8. The van der Waals surface area contributed by atoms with E-state index in [4.69, 9.17) is 22.4 Å². The molecule has 46 heavy (non-hydrogen) atoms. The Balaban J connectivity index is 1.63. The van der Waals surface area contributed by atoms with E-state index in [0.29, 0.717) is 49.0 Å². The maximum Gasteiger partial charge on any atom is 0.500 e. The summed E-state index contributed by atoms with van der Waals surface area (Å²) in [6, 6.07) is 10.3. The predicted octanol–water partition coefficient (Wildman–Crippen LogP) is 9.83. The summed E-state index contributed by atoms with van der Waals surface area (Å²) in [5.74, 6) is -2.62. The minimum Gasteiger partial charge on any atom is -0.493 e. The van der Waals surface area contributed by atoms with E-state index in [1.165, 1.54) is 18.2 Å². The predicted molar refractivity (Wildman–Crippen MR) is 170 cm³/mol. The second-order valence-corrected chi connectivity index (χ2v) is 13.9. The molecule has 0 radical (unpaired) electrons. The first kappa shape index (κ1) is 37.7. The molecule has 0 saturated carbocycles. The molecule has 0 aliphatic rings. The third kappa shape index (κ3) is 10.9. The van der Waals surface area contributed by atoms with Crippen LogP contribution in [0, 0.1) is 0 Å². The van der Waals surface area contributed by atoms with Crippen LogP contribution in [-0.2, 0) is 25.9 Å². The quantitative estimate of drug-likeness (QED) is 0.0515. The number of halogens is 5. The topological polar surface area (TPSA) is 67.1 Å². The van der Waals surface area contributed by atoms with Gasteiger partial charge in [-0.15, -0.1) is 0 Å². The Bertz CT molecular complexity index is 1420. The van der Waals surface area contributed by atoms with Gasteiger partial charge in [0.2, 0.25) is 5.92 Å². The molecule has 12 heteroatoms. The number of alkyl halides is 5. The van der Waals surface area contributed by atoms with Gasteiger partial charge >= 0.3 is 20.6 Å². The molecule has 6 nitrogen and oxygen atoms in total. The van der Waals surface area contributed by atoms with Crippen molar-refractivity contribution in [2.75, 3.05) is 26.4 Å². The summed E-state index contributed by atoms with van der Waals surface area (Å²) < 4.78 is 99.5. The average Bonchev–Trinajstić information content (AvgIpc) is 2.99. The standard InChI is InChI=1S/C34H45F5O6Si/c1-5-9-10-13-25-14-17-28(30(22-25)34(37,38)39)29-23-26-15-16-27(24-31(26)45-32(29)40)41-20-11-18-33(35,36)19-12-21-46(42-6-2,43-7-3)44-8-4/h14-17,22-24H,5-13,18-21H2,1-4H3. The third-order valence-corrected chi connectivity index (χ3v) is 10.7. The zero-order valence-electron chi connectivity index (χ0n) is 27.1. The smallest absolute Gasteiger partial charge is 0.493 e. The number of rotatable bonds is 20. The van der Waals surface area contributed by atoms with Crippen molar-refractivity contribution >= 4 is 19.8 Å². The lowest BCUT2D eigenvalue weighted by Gasteiger charge is -2.29. The van der Waals surface area contributed by atoms with Gasteiger partial charge in [0.05, 0.1) is 17.7 Å². The Morgan fingerprint density at radius 1 is 0.761 bits per heavy atom. The molecule has 1 heterocycles. The summed E-state index contributed by atoms with van der Waals surface area (Å²) in [5, 5.41) is 0.402. The number of benzene rings is 2. The molecule has 0 N–H and O–H groups in total. The fourth-order valence-electron chi connectivity index (χ4n) is 5.38. The van der Waals surface area contributed by atoms with E-state index >= 15 is 0 Å². The molecule has 3 rings (SSSR count). The Kier molecular flexibility index (Phi) is 14.2. The van der Waals surface area contributed by atoms with Crippen LogP contribution in [0.15, 0.2) is 51.7 Å². The number of hydrogen-bond donors (Lipinski definition) is 0. The van der Waals surface area contributed by atoms with Crippen molar-refractivity contribution in [1.82, 2.24) is 0 Å². The highest BCUT2D eigenvalue weighted by molar-refractivity contribution is 6.60. The number of unbranched alkanes of at least 4 members (excludes halogenated alkanes) is 2. The van der Waals surface area contributed by atoms with Gasteiger partial charge in [-0.05, 0) is 76.3 Å². The van der Waals surface area contributed by atoms with Crippen LogP contribution in [0.25, 0.3) is 22.1 Å². The molecule has 0 saturated heterocycles. The van der Waals surface area contributed by atoms with Crippen LogP contribution in [-0.4, -0.2) is 41.2 Å². The summed E-state index contributed by atoms with van der Waals surface area (Å²) in [6.45, 7) is 8.61. The van der Waals surface area contributed by atoms with Gasteiger partial charge in [0.15, 0.2) is 0 Å². The SMILES string of the molecule is CCCCCc1ccc(-c2cc3ccc(OCCCC(F)(F)CCC[Si](OCC)(OCC)OCC)cc3oc2=O)c(C(F)(F)F)c1. The van der Waals surface area contributed by atoms with Crippen molar-refractivity contribution in [3.63, 3.8) is 0 Å². The van der Waals surface area contributed by atoms with E-state index in [-0.39, 0.29) is 49.0 Å². The van der Waals surface area contributed by atoms with Crippen LogP contribution in [0.2, 0.25) is 6.04 Å². The van der Waals surface area contributed by atoms with Crippen molar-refractivity contribution in [3.05, 3.63) is 64.0 Å². The van der Waals surface area contributed by atoms with E-state index in [1.54, 1.807) is 18.2 Å². The molecule has 0 bridgehead atoms. The van der Waals surface area contributed by atoms with Gasteiger partial charge in [-0.2, -0.15) is 13.2 Å². The summed E-state index contributed by atoms with van der Waals surface area (Å²) in [7, 11) is -2.99. The number of aryl methyl sites for hydroxylation is 1. The van der Waals surface area contributed by atoms with Gasteiger partial charge in [-0.3, -0.25) is 0 Å². The largest absolute Gasteiger partial charge is 0.500 e. The van der Waals surface area contributed by atoms with Crippen molar-refractivity contribution in [2.45, 2.75) is 97.2 Å². The van der Waals surface area contributed by atoms with Crippen LogP contribution < -0.4 is 10.4 Å². The first-order valence-corrected chi connectivity index (χ1v) is 18.0. The molecule has 3 aromatic rings. The van der Waals surface area contributed by atoms with E-state index in [0.717, 1.165) is 25.3 Å². The third-order valence-electron chi connectivity index (χ3n) is 7.53. The van der Waals surface area contributed by atoms with E-state index in [2.05, 4.69) is 0 Å². The first-order valence-electron chi connectivity index (χ1n) is 16.1. The van der Waals surface area contributed by atoms with Crippen molar-refractivity contribution in [3.8, 4) is 16.9 Å². The van der Waals surface area contributed by atoms with E-state index in [1.807, 2.05) is 27.7 Å². The highest BCUT2D eigenvalue weighted by atomic mass is 28.4. The fourth-order valence-corrected chi connectivity index (χ4v) is 7.99. The molecule has 0 fully saturated rings. The summed E-state index contributed by atoms with van der Waals surface area (Å²) in [6.07, 6.45) is -1.95. The highest BCUT2D eigenvalue weighted by Gasteiger charge is 2.41. The molecule has 2 aromatic carbocycles. The Morgan fingerprint density at radius 3 is 2.07 bits per heavy atom. The van der Waals surface area contributed by atoms with Crippen molar-refractivity contribution in [2.24, 2.45) is 0 Å². The number of fused-ring (bicyclic) bond motifs is 1. The van der Waals surface area contributed by atoms with Gasteiger partial charge in [0.1, 0.15) is 11.3 Å². The molecule has 0 unspecified atom stereocenters. The lowest BCUT2D eigenvalue weighted by molar-refractivity contribution is -0.137. The van der Waals surface area contributed by atoms with Crippen LogP contribution in [0.3, 0.4) is 0 Å². The van der Waals surface area contributed by atoms with E-state index < -0.39 is 32.1 Å². The average molecular weight is 673 g/mol. The van der Waals surface area contributed by atoms with Crippen molar-refractivity contribution in [1.29, 1.82) is 0 Å². The summed E-state index contributed by atoms with van der Waals surface area (Å²) in [5.41, 5.74) is -1.57. The van der Waals surface area contributed by atoms with Crippen molar-refractivity contribution < 1.29 is 44.4 Å². The molecule has 0 atom stereocenters. The monoisotopic (exact) mass is 672 g/mol. The van der Waals surface area contributed by atoms with Gasteiger partial charge in [0, 0.05) is 55.7 Å². The molecule has 256 valence electrons. The van der Waals surface area contributed by atoms with Crippen LogP contribution >= 0.6 is 0 Å². The van der Waals surface area contributed by atoms with Gasteiger partial charge in [-0.25, -0.2) is 13.6 Å². The number of ether oxygens (including phenoxy) is 1. The molecular weight excluding hydrogens is 627 g/mol. The maximum atomic E-state index is 14.6. The Hall–Kier alpha value is -2.80. The molecule has 0 aliphatic heterocycles. The zero-order valence-corrected chi connectivity index (χ0v) is 28.1. The van der Waals surface area contributed by atoms with Crippen LogP contribution in [0.5, 0.6) is 5.75 Å². The summed E-state index contributed by atoms with van der Waals surface area (Å²) >= 11 is 0. The minimum atomic E-state index is -4.66. The lowest BCUT2D eigenvalue weighted by Crippen LogP contribution is -2.46. The minimum absolute atomic E-state index is 0.00150. The van der Waals surface area contributed by atoms with Gasteiger partial charge in [0.25, 0.3) is 0 Å². The van der Waals surface area contributed by atoms with E-state index in [9.17, 15) is 26.7 Å². The normalized spacial score (nSPS) is 12.6. The fraction of sp³-hybridized carbons (Fsp3) is 0.559. The number of hydrogen-bond acceptors (Lipinski definition) is 6. The van der Waals surface area contributed by atoms with Gasteiger partial charge < -0.3 is 22.4 Å². The molecule has 0 aliphatic carbocycles. The Morgan fingerprint density at radius 2 is 1.43 bits per heavy atom. The molecule has 0 amide bonds. The maximum absolute atomic E-state index is 14.6. The lowest BCUT2D eigenvalue weighted by atomic mass is 9.95. The Labute approximate surface area is 268 Å². The second kappa shape index (κ2) is 17.4. The van der Waals surface area contributed by atoms with Crippen LogP contribution in [0.4, 0.5) is 22.0 Å². The van der Waals surface area contributed by atoms with Gasteiger partial charge in [-0.1, -0.05) is 31.9 Å². The molecule has 0 spiro atoms. The highest BCUT2D eigenvalue weighted by Crippen LogP contribution is 2.38.